The van der Waals surface area contributed by atoms with Crippen molar-refractivity contribution in [2.24, 2.45) is 4.99 Å². The van der Waals surface area contributed by atoms with Crippen LogP contribution in [0.1, 0.15) is 13.8 Å². The first-order chi connectivity index (χ1) is 14.5. The van der Waals surface area contributed by atoms with E-state index in [1.165, 1.54) is 0 Å². The SMILES string of the molecule is CC1NN(S)C(=O)N=C2Cn3c(cc4ccccc43)-c3ccccc3OC2C(C)O1. The quantitative estimate of drug-likeness (QED) is 0.537. The molecule has 0 fully saturated rings. The van der Waals surface area contributed by atoms with Crippen LogP contribution < -0.4 is 10.2 Å². The summed E-state index contributed by atoms with van der Waals surface area (Å²) in [6.07, 6.45) is -1.33. The number of aliphatic imine (C=N–C) groups is 1. The van der Waals surface area contributed by atoms with E-state index in [2.05, 4.69) is 46.0 Å². The topological polar surface area (TPSA) is 68.1 Å². The number of carbonyl (C=O) groups excluding carboxylic acids is 1. The number of nitrogens with one attached hydrogen (secondary N) is 1. The molecule has 30 heavy (non-hydrogen) atoms. The molecular weight excluding hydrogens is 400 g/mol. The van der Waals surface area contributed by atoms with Gasteiger partial charge in [0.15, 0.2) is 6.10 Å². The van der Waals surface area contributed by atoms with E-state index in [0.717, 1.165) is 32.3 Å². The molecule has 154 valence electrons. The molecule has 2 aliphatic heterocycles. The number of aromatic nitrogens is 1. The third-order valence-corrected chi connectivity index (χ3v) is 5.73. The highest BCUT2D eigenvalue weighted by molar-refractivity contribution is 7.78. The van der Waals surface area contributed by atoms with Crippen molar-refractivity contribution in [1.29, 1.82) is 0 Å². The average molecular weight is 423 g/mol. The van der Waals surface area contributed by atoms with Crippen LogP contribution in [-0.2, 0) is 11.3 Å². The minimum absolute atomic E-state index is 0.352. The van der Waals surface area contributed by atoms with Gasteiger partial charge in [0, 0.05) is 16.5 Å². The maximum atomic E-state index is 12.7. The van der Waals surface area contributed by atoms with Crippen molar-refractivity contribution in [3.05, 3.63) is 54.6 Å². The van der Waals surface area contributed by atoms with Crippen molar-refractivity contribution in [3.63, 3.8) is 0 Å². The molecule has 0 saturated carbocycles. The van der Waals surface area contributed by atoms with Gasteiger partial charge >= 0.3 is 6.03 Å². The molecule has 0 bridgehead atoms. The number of benzene rings is 2. The molecule has 3 unspecified atom stereocenters. The van der Waals surface area contributed by atoms with Crippen LogP contribution in [0.3, 0.4) is 0 Å². The lowest BCUT2D eigenvalue weighted by molar-refractivity contribution is -0.0566. The molecule has 2 aliphatic rings. The van der Waals surface area contributed by atoms with Crippen molar-refractivity contribution in [3.8, 4) is 17.0 Å². The highest BCUT2D eigenvalue weighted by Gasteiger charge is 2.34. The number of fused-ring (bicyclic) bond motifs is 6. The standard InChI is InChI=1S/C22H22N4O3S/c1-13-21-17(23-22(27)26(30)24-14(2)28-13)12-25-18-9-5-3-7-15(18)11-19(25)16-8-4-6-10-20(16)29-21/h3-11,13-14,21,24,30H,12H2,1-2H3. The second-order valence-electron chi connectivity index (χ2n) is 7.52. The Bertz CT molecular complexity index is 1160. The number of urea groups is 1. The molecule has 2 amide bonds. The lowest BCUT2D eigenvalue weighted by Gasteiger charge is -2.31. The van der Waals surface area contributed by atoms with E-state index in [4.69, 9.17) is 9.47 Å². The van der Waals surface area contributed by atoms with Crippen LogP contribution in [0, 0.1) is 0 Å². The summed E-state index contributed by atoms with van der Waals surface area (Å²) >= 11 is 4.20. The summed E-state index contributed by atoms with van der Waals surface area (Å²) in [5, 5.41) is 1.12. The normalized spacial score (nSPS) is 24.2. The van der Waals surface area contributed by atoms with Crippen molar-refractivity contribution < 1.29 is 14.3 Å². The Labute approximate surface area is 179 Å². The number of hydrogen-bond acceptors (Lipinski definition) is 5. The first-order valence-corrected chi connectivity index (χ1v) is 10.3. The number of hydrogen-bond donors (Lipinski definition) is 2. The van der Waals surface area contributed by atoms with E-state index in [9.17, 15) is 4.79 Å². The van der Waals surface area contributed by atoms with Gasteiger partial charge < -0.3 is 14.0 Å². The van der Waals surface area contributed by atoms with Gasteiger partial charge in [0.1, 0.15) is 12.0 Å². The Morgan fingerprint density at radius 2 is 1.90 bits per heavy atom. The van der Waals surface area contributed by atoms with Crippen LogP contribution in [0.25, 0.3) is 22.2 Å². The monoisotopic (exact) mass is 422 g/mol. The van der Waals surface area contributed by atoms with Gasteiger partial charge in [0.05, 0.1) is 24.1 Å². The van der Waals surface area contributed by atoms with Gasteiger partial charge in [-0.05, 0) is 50.9 Å². The second-order valence-corrected chi connectivity index (χ2v) is 7.92. The van der Waals surface area contributed by atoms with Crippen molar-refractivity contribution in [2.75, 3.05) is 0 Å². The minimum atomic E-state index is -0.534. The summed E-state index contributed by atoms with van der Waals surface area (Å²) in [6, 6.07) is 17.7. The summed E-state index contributed by atoms with van der Waals surface area (Å²) in [7, 11) is 0. The zero-order valence-corrected chi connectivity index (χ0v) is 17.5. The van der Waals surface area contributed by atoms with Crippen molar-refractivity contribution >= 4 is 35.5 Å². The maximum absolute atomic E-state index is 12.7. The fourth-order valence-electron chi connectivity index (χ4n) is 4.13. The molecule has 0 radical (unpaired) electrons. The van der Waals surface area contributed by atoms with E-state index in [1.807, 2.05) is 50.2 Å². The highest BCUT2D eigenvalue weighted by atomic mass is 32.1. The zero-order chi connectivity index (χ0) is 20.8. The molecule has 1 aromatic heterocycles. The molecule has 8 heteroatoms. The summed E-state index contributed by atoms with van der Waals surface area (Å²) < 4.78 is 15.7. The van der Waals surface area contributed by atoms with Crippen LogP contribution in [0.4, 0.5) is 4.79 Å². The third kappa shape index (κ3) is 3.27. The van der Waals surface area contributed by atoms with E-state index in [0.29, 0.717) is 12.3 Å². The highest BCUT2D eigenvalue weighted by Crippen LogP contribution is 2.37. The number of thiol groups is 1. The fourth-order valence-corrected chi connectivity index (χ4v) is 4.34. The fraction of sp³-hybridized carbons (Fsp3) is 0.273. The van der Waals surface area contributed by atoms with E-state index >= 15 is 0 Å². The molecule has 3 aromatic rings. The van der Waals surface area contributed by atoms with Crippen molar-refractivity contribution in [2.45, 2.75) is 38.8 Å². The number of carbonyl (C=O) groups is 1. The number of rotatable bonds is 0. The first kappa shape index (κ1) is 19.2. The van der Waals surface area contributed by atoms with Gasteiger partial charge in [-0.25, -0.2) is 4.79 Å². The lowest BCUT2D eigenvalue weighted by atomic mass is 10.1. The maximum Gasteiger partial charge on any atom is 0.368 e. The summed E-state index contributed by atoms with van der Waals surface area (Å²) in [4.78, 5) is 17.0. The van der Waals surface area contributed by atoms with Crippen molar-refractivity contribution in [1.82, 2.24) is 14.4 Å². The van der Waals surface area contributed by atoms with Crippen LogP contribution in [0.15, 0.2) is 59.6 Å². The lowest BCUT2D eigenvalue weighted by Crippen LogP contribution is -2.45. The largest absolute Gasteiger partial charge is 0.481 e. The molecule has 0 spiro atoms. The molecule has 7 nitrogen and oxygen atoms in total. The average Bonchev–Trinajstić information content (AvgIpc) is 3.08. The predicted molar refractivity (Wildman–Crippen MR) is 119 cm³/mol. The minimum Gasteiger partial charge on any atom is -0.481 e. The molecule has 0 aliphatic carbocycles. The van der Waals surface area contributed by atoms with Gasteiger partial charge in [-0.2, -0.15) is 14.8 Å². The van der Waals surface area contributed by atoms with E-state index in [1.54, 1.807) is 0 Å². The smallest absolute Gasteiger partial charge is 0.368 e. The van der Waals surface area contributed by atoms with Gasteiger partial charge in [0.2, 0.25) is 0 Å². The van der Waals surface area contributed by atoms with Gasteiger partial charge in [-0.3, -0.25) is 0 Å². The molecule has 5 rings (SSSR count). The molecule has 3 heterocycles. The molecule has 2 aromatic carbocycles. The van der Waals surface area contributed by atoms with Crippen LogP contribution >= 0.6 is 12.8 Å². The molecule has 3 atom stereocenters. The number of amides is 2. The summed E-state index contributed by atoms with van der Waals surface area (Å²) in [5.41, 5.74) is 6.53. The van der Waals surface area contributed by atoms with Crippen LogP contribution in [-0.4, -0.2) is 39.2 Å². The number of nitrogens with zero attached hydrogens (tertiary/aromatic N) is 3. The third-order valence-electron chi connectivity index (χ3n) is 5.45. The number of hydrazine groups is 1. The van der Waals surface area contributed by atoms with Gasteiger partial charge in [-0.15, -0.1) is 0 Å². The Morgan fingerprint density at radius 3 is 2.77 bits per heavy atom. The molecule has 1 N–H and O–H groups in total. The summed E-state index contributed by atoms with van der Waals surface area (Å²) in [6.45, 7) is 4.14. The number of ether oxygens (including phenoxy) is 2. The number of para-hydroxylation sites is 2. The Kier molecular flexibility index (Phi) is 4.77. The van der Waals surface area contributed by atoms with Gasteiger partial charge in [-0.1, -0.05) is 30.3 Å². The first-order valence-electron chi connectivity index (χ1n) is 9.87. The van der Waals surface area contributed by atoms with E-state index in [-0.39, 0.29) is 6.10 Å². The van der Waals surface area contributed by atoms with Gasteiger partial charge in [0.25, 0.3) is 0 Å². The second kappa shape index (κ2) is 7.46. The zero-order valence-electron chi connectivity index (χ0n) is 16.6. The van der Waals surface area contributed by atoms with Crippen LogP contribution in [0.5, 0.6) is 5.75 Å². The Morgan fingerprint density at radius 1 is 1.13 bits per heavy atom. The molecule has 0 saturated heterocycles. The molecular formula is C22H22N4O3S. The Hall–Kier alpha value is -2.81. The summed E-state index contributed by atoms with van der Waals surface area (Å²) in [5.74, 6) is 0.726. The predicted octanol–water partition coefficient (Wildman–Crippen LogP) is 4.05. The van der Waals surface area contributed by atoms with E-state index < -0.39 is 18.4 Å². The van der Waals surface area contributed by atoms with Crippen LogP contribution in [0.2, 0.25) is 0 Å². The Balaban J connectivity index is 1.74.